The van der Waals surface area contributed by atoms with Gasteiger partial charge in [0.1, 0.15) is 0 Å². The van der Waals surface area contributed by atoms with Crippen LogP contribution in [-0.2, 0) is 22.1 Å². The monoisotopic (exact) mass is 317 g/mol. The lowest BCUT2D eigenvalue weighted by atomic mass is 10.0. The molecule has 0 aliphatic rings. The molecule has 118 valence electrons. The summed E-state index contributed by atoms with van der Waals surface area (Å²) < 4.78 is 82.3. The predicted molar refractivity (Wildman–Crippen MR) is 56.4 cm³/mol. The first kappa shape index (κ1) is 17.1. The van der Waals surface area contributed by atoms with Crippen LogP contribution in [0.1, 0.15) is 16.8 Å². The molecule has 0 saturated carbocycles. The Bertz CT molecular complexity index is 538. The zero-order valence-corrected chi connectivity index (χ0v) is 10.7. The van der Waals surface area contributed by atoms with Gasteiger partial charge in [-0.05, 0) is 18.1 Å². The lowest BCUT2D eigenvalue weighted by Gasteiger charge is -2.16. The van der Waals surface area contributed by atoms with Gasteiger partial charge in [0.15, 0.2) is 5.69 Å². The number of pyridine rings is 1. The number of aryl methyl sites for hydroxylation is 1. The third-order valence-electron chi connectivity index (χ3n) is 2.36. The van der Waals surface area contributed by atoms with Gasteiger partial charge in [-0.2, -0.15) is 13.2 Å². The number of ether oxygens (including phenoxy) is 2. The average Bonchev–Trinajstić information content (AvgIpc) is 2.28. The minimum absolute atomic E-state index is 0.220. The highest BCUT2D eigenvalue weighted by atomic mass is 19.4. The zero-order chi connectivity index (χ0) is 16.4. The van der Waals surface area contributed by atoms with Crippen molar-refractivity contribution in [2.24, 2.45) is 0 Å². The highest BCUT2D eigenvalue weighted by Gasteiger charge is 2.39. The minimum atomic E-state index is -5.17. The van der Waals surface area contributed by atoms with E-state index >= 15 is 0 Å². The van der Waals surface area contributed by atoms with Crippen LogP contribution in [-0.4, -0.2) is 24.4 Å². The first-order valence-electron chi connectivity index (χ1n) is 5.34. The summed E-state index contributed by atoms with van der Waals surface area (Å²) in [4.78, 5) is 13.9. The van der Waals surface area contributed by atoms with Crippen molar-refractivity contribution in [1.29, 1.82) is 0 Å². The Morgan fingerprint density at radius 1 is 1.24 bits per heavy atom. The van der Waals surface area contributed by atoms with E-state index in [0.717, 1.165) is 14.0 Å². The van der Waals surface area contributed by atoms with E-state index in [0.29, 0.717) is 6.07 Å². The van der Waals surface area contributed by atoms with E-state index in [1.54, 1.807) is 0 Å². The molecule has 4 nitrogen and oxygen atoms in total. The fraction of sp³-hybridized carbons (Fsp3) is 0.455. The van der Waals surface area contributed by atoms with Gasteiger partial charge in [0.2, 0.25) is 5.88 Å². The number of carbonyl (C=O) groups is 1. The van der Waals surface area contributed by atoms with Crippen LogP contribution in [0.3, 0.4) is 0 Å². The largest absolute Gasteiger partial charge is 0.574 e. The smallest absolute Gasteiger partial charge is 0.469 e. The molecule has 21 heavy (non-hydrogen) atoms. The number of hydrogen-bond donors (Lipinski definition) is 0. The van der Waals surface area contributed by atoms with Crippen molar-refractivity contribution >= 4 is 5.97 Å². The number of methoxy groups -OCH3 is 1. The Hall–Kier alpha value is -2.00. The Morgan fingerprint density at radius 3 is 2.24 bits per heavy atom. The van der Waals surface area contributed by atoms with Gasteiger partial charge < -0.3 is 9.47 Å². The second kappa shape index (κ2) is 5.78. The maximum Gasteiger partial charge on any atom is 0.574 e. The van der Waals surface area contributed by atoms with Crippen molar-refractivity contribution in [3.05, 3.63) is 22.9 Å². The van der Waals surface area contributed by atoms with Gasteiger partial charge >= 0.3 is 18.5 Å². The normalized spacial score (nSPS) is 12.2. The molecule has 1 aromatic rings. The van der Waals surface area contributed by atoms with E-state index in [1.165, 1.54) is 0 Å². The summed E-state index contributed by atoms with van der Waals surface area (Å²) in [6.07, 6.45) is -11.0. The summed E-state index contributed by atoms with van der Waals surface area (Å²) in [6.45, 7) is 1.11. The van der Waals surface area contributed by atoms with E-state index in [2.05, 4.69) is 14.5 Å². The van der Waals surface area contributed by atoms with Crippen molar-refractivity contribution in [2.75, 3.05) is 7.11 Å². The van der Waals surface area contributed by atoms with Crippen LogP contribution in [0.2, 0.25) is 0 Å². The number of nitrogens with zero attached hydrogens (tertiary/aromatic N) is 1. The van der Waals surface area contributed by atoms with Crippen LogP contribution in [0.5, 0.6) is 5.88 Å². The third kappa shape index (κ3) is 4.80. The molecule has 0 atom stereocenters. The summed E-state index contributed by atoms with van der Waals surface area (Å²) in [5.41, 5.74) is -2.40. The molecule has 0 amide bonds. The van der Waals surface area contributed by atoms with Crippen molar-refractivity contribution in [3.63, 3.8) is 0 Å². The zero-order valence-electron chi connectivity index (χ0n) is 10.7. The molecule has 0 bridgehead atoms. The molecule has 1 aromatic heterocycles. The number of esters is 1. The summed E-state index contributed by atoms with van der Waals surface area (Å²) >= 11 is 0. The molecule has 1 rings (SSSR count). The number of aromatic nitrogens is 1. The maximum absolute atomic E-state index is 12.8. The molecule has 0 aliphatic carbocycles. The Morgan fingerprint density at radius 2 is 1.81 bits per heavy atom. The lowest BCUT2D eigenvalue weighted by Crippen LogP contribution is -2.21. The molecule has 0 aliphatic heterocycles. The van der Waals surface area contributed by atoms with Crippen molar-refractivity contribution in [3.8, 4) is 5.88 Å². The average molecular weight is 317 g/mol. The van der Waals surface area contributed by atoms with E-state index in [-0.39, 0.29) is 5.56 Å². The van der Waals surface area contributed by atoms with Gasteiger partial charge in [-0.1, -0.05) is 0 Å². The van der Waals surface area contributed by atoms with Gasteiger partial charge in [0.05, 0.1) is 13.5 Å². The van der Waals surface area contributed by atoms with Gasteiger partial charge in [-0.25, -0.2) is 4.98 Å². The summed E-state index contributed by atoms with van der Waals surface area (Å²) in [6, 6.07) is 0.668. The van der Waals surface area contributed by atoms with Crippen LogP contribution in [0.25, 0.3) is 0 Å². The van der Waals surface area contributed by atoms with Crippen molar-refractivity contribution < 1.29 is 40.6 Å². The molecule has 0 radical (unpaired) electrons. The maximum atomic E-state index is 12.8. The van der Waals surface area contributed by atoms with Crippen LogP contribution in [0, 0.1) is 6.92 Å². The molecular weight excluding hydrogens is 308 g/mol. The highest BCUT2D eigenvalue weighted by molar-refractivity contribution is 5.73. The molecular formula is C11H9F6NO3. The van der Waals surface area contributed by atoms with Crippen LogP contribution >= 0.6 is 0 Å². The summed E-state index contributed by atoms with van der Waals surface area (Å²) in [5.74, 6) is -2.23. The van der Waals surface area contributed by atoms with Crippen LogP contribution < -0.4 is 4.74 Å². The molecule has 0 aromatic carbocycles. The fourth-order valence-electron chi connectivity index (χ4n) is 1.51. The number of hydrogen-bond acceptors (Lipinski definition) is 4. The van der Waals surface area contributed by atoms with E-state index in [1.807, 2.05) is 0 Å². The fourth-order valence-corrected chi connectivity index (χ4v) is 1.51. The second-order valence-electron chi connectivity index (χ2n) is 3.90. The molecule has 10 heteroatoms. The van der Waals surface area contributed by atoms with Gasteiger partial charge in [0.25, 0.3) is 0 Å². The SMILES string of the molecule is COC(=O)Cc1c(C)cc(OC(F)(F)F)nc1C(F)(F)F. The van der Waals surface area contributed by atoms with E-state index < -0.39 is 42.1 Å². The minimum Gasteiger partial charge on any atom is -0.469 e. The molecule has 0 fully saturated rings. The van der Waals surface area contributed by atoms with Crippen molar-refractivity contribution in [2.45, 2.75) is 25.9 Å². The summed E-state index contributed by atoms with van der Waals surface area (Å²) in [7, 11) is 0.972. The first-order chi connectivity index (χ1) is 9.44. The van der Waals surface area contributed by atoms with Gasteiger partial charge in [-0.15, -0.1) is 13.2 Å². The van der Waals surface area contributed by atoms with E-state index in [4.69, 9.17) is 0 Å². The Labute approximate surface area is 114 Å². The standard InChI is InChI=1S/C11H9F6NO3/c1-5-3-7(21-11(15,16)17)18-9(10(12,13)14)6(5)4-8(19)20-2/h3H,4H2,1-2H3. The number of halogens is 6. The summed E-state index contributed by atoms with van der Waals surface area (Å²) in [5, 5.41) is 0. The van der Waals surface area contributed by atoms with Crippen LogP contribution in [0.15, 0.2) is 6.07 Å². The second-order valence-corrected chi connectivity index (χ2v) is 3.90. The molecule has 0 unspecified atom stereocenters. The Balaban J connectivity index is 3.35. The van der Waals surface area contributed by atoms with Gasteiger partial charge in [-0.3, -0.25) is 4.79 Å². The number of carbonyl (C=O) groups excluding carboxylic acids is 1. The van der Waals surface area contributed by atoms with Crippen LogP contribution in [0.4, 0.5) is 26.3 Å². The molecule has 0 saturated heterocycles. The molecule has 1 heterocycles. The number of alkyl halides is 6. The predicted octanol–water partition coefficient (Wildman–Crippen LogP) is 3.02. The Kier molecular flexibility index (Phi) is 4.69. The third-order valence-corrected chi connectivity index (χ3v) is 2.36. The van der Waals surface area contributed by atoms with Crippen molar-refractivity contribution in [1.82, 2.24) is 4.98 Å². The first-order valence-corrected chi connectivity index (χ1v) is 5.34. The highest BCUT2D eigenvalue weighted by Crippen LogP contribution is 2.35. The number of rotatable bonds is 3. The quantitative estimate of drug-likeness (QED) is 0.635. The van der Waals surface area contributed by atoms with Gasteiger partial charge in [0, 0.05) is 6.07 Å². The van der Waals surface area contributed by atoms with E-state index in [9.17, 15) is 31.1 Å². The lowest BCUT2D eigenvalue weighted by molar-refractivity contribution is -0.276. The molecule has 0 spiro atoms. The topological polar surface area (TPSA) is 48.4 Å². The molecule has 0 N–H and O–H groups in total.